The number of likely N-dealkylation sites (tertiary alicyclic amines) is 1. The second-order valence-corrected chi connectivity index (χ2v) is 16.3. The minimum atomic E-state index is -4.80. The van der Waals surface area contributed by atoms with Crippen LogP contribution < -0.4 is 30.5 Å². The molecule has 3 N–H and O–H groups in total. The van der Waals surface area contributed by atoms with Gasteiger partial charge in [-0.2, -0.15) is 18.4 Å². The van der Waals surface area contributed by atoms with Crippen LogP contribution in [0, 0.1) is 11.3 Å². The van der Waals surface area contributed by atoms with E-state index < -0.39 is 51.9 Å². The highest BCUT2D eigenvalue weighted by atomic mass is 35.5. The van der Waals surface area contributed by atoms with E-state index >= 15 is 4.39 Å². The maximum absolute atomic E-state index is 16.0. The zero-order valence-electron chi connectivity index (χ0n) is 32.6. The van der Waals surface area contributed by atoms with Crippen LogP contribution >= 0.6 is 24.2 Å². The molecule has 0 aliphatic carbocycles. The van der Waals surface area contributed by atoms with E-state index in [1.54, 1.807) is 55.1 Å². The number of nitrogens with one attached hydrogen (secondary N) is 3. The van der Waals surface area contributed by atoms with Crippen LogP contribution in [-0.2, 0) is 31.8 Å². The third-order valence-corrected chi connectivity index (χ3v) is 11.6. The lowest BCUT2D eigenvalue weighted by molar-refractivity contribution is -0.138. The van der Waals surface area contributed by atoms with Crippen molar-refractivity contribution >= 4 is 70.6 Å². The SMILES string of the molecule is CCc1cc(N2C(S)N(c3ccc(C#N)c(C(F)(F)F)c3)C(=O)C2(C)C)ccc1OCCC1(F)CCN(CC(=O)Nc2cc(Cl)cc(NC3CCC(=O)NC3=O)c2)CC1. The van der Waals surface area contributed by atoms with E-state index in [-0.39, 0.29) is 56.3 Å². The Balaban J connectivity index is 1.02. The summed E-state index contributed by atoms with van der Waals surface area (Å²) in [6.45, 7) is 6.05. The predicted octanol–water partition coefficient (Wildman–Crippen LogP) is 7.07. The van der Waals surface area contributed by atoms with Crippen molar-refractivity contribution in [1.29, 1.82) is 5.26 Å². The molecule has 3 aliphatic rings. The summed E-state index contributed by atoms with van der Waals surface area (Å²) >= 11 is 11.0. The number of piperidine rings is 2. The maximum Gasteiger partial charge on any atom is 0.417 e. The molecule has 2 atom stereocenters. The zero-order valence-corrected chi connectivity index (χ0v) is 34.2. The Kier molecular flexibility index (Phi) is 12.7. The molecule has 0 bridgehead atoms. The first-order valence-electron chi connectivity index (χ1n) is 19.1. The highest BCUT2D eigenvalue weighted by molar-refractivity contribution is 7.81. The Morgan fingerprint density at radius 1 is 1.05 bits per heavy atom. The Morgan fingerprint density at radius 2 is 1.75 bits per heavy atom. The molecule has 0 spiro atoms. The highest BCUT2D eigenvalue weighted by Gasteiger charge is 2.52. The summed E-state index contributed by atoms with van der Waals surface area (Å²) in [4.78, 5) is 55.0. The van der Waals surface area contributed by atoms with Crippen molar-refractivity contribution in [2.75, 3.05) is 46.7 Å². The number of ether oxygens (including phenoxy) is 1. The van der Waals surface area contributed by atoms with Crippen LogP contribution in [0.2, 0.25) is 5.02 Å². The fourth-order valence-corrected chi connectivity index (χ4v) is 8.54. The molecule has 0 radical (unpaired) electrons. The van der Waals surface area contributed by atoms with Gasteiger partial charge >= 0.3 is 6.18 Å². The number of hydrogen-bond donors (Lipinski definition) is 4. The van der Waals surface area contributed by atoms with Crippen LogP contribution in [0.1, 0.15) is 69.6 Å². The van der Waals surface area contributed by atoms with Gasteiger partial charge in [-0.1, -0.05) is 18.5 Å². The number of rotatable bonds is 12. The summed E-state index contributed by atoms with van der Waals surface area (Å²) in [5, 5.41) is 17.7. The van der Waals surface area contributed by atoms with Crippen LogP contribution in [0.25, 0.3) is 0 Å². The van der Waals surface area contributed by atoms with Crippen molar-refractivity contribution in [3.05, 3.63) is 76.3 Å². The maximum atomic E-state index is 16.0. The van der Waals surface area contributed by atoms with E-state index in [0.29, 0.717) is 53.8 Å². The van der Waals surface area contributed by atoms with Gasteiger partial charge in [0.25, 0.3) is 5.91 Å². The molecule has 18 heteroatoms. The highest BCUT2D eigenvalue weighted by Crippen LogP contribution is 2.43. The van der Waals surface area contributed by atoms with Crippen LogP contribution in [0.5, 0.6) is 5.75 Å². The first-order valence-corrected chi connectivity index (χ1v) is 20.0. The molecule has 3 fully saturated rings. The molecule has 3 aromatic rings. The summed E-state index contributed by atoms with van der Waals surface area (Å²) in [6, 6.07) is 14.2. The predicted molar refractivity (Wildman–Crippen MR) is 218 cm³/mol. The van der Waals surface area contributed by atoms with Gasteiger partial charge in [-0.3, -0.25) is 34.3 Å². The molecule has 314 valence electrons. The number of nitriles is 1. The molecule has 12 nitrogen and oxygen atoms in total. The molecular formula is C41H44ClF4N7O5S. The second kappa shape index (κ2) is 17.3. The van der Waals surface area contributed by atoms with Crippen LogP contribution in [0.3, 0.4) is 0 Å². The summed E-state index contributed by atoms with van der Waals surface area (Å²) < 4.78 is 63.4. The van der Waals surface area contributed by atoms with Crippen molar-refractivity contribution in [2.24, 2.45) is 0 Å². The number of benzene rings is 3. The van der Waals surface area contributed by atoms with E-state index in [0.717, 1.165) is 17.7 Å². The average Bonchev–Trinajstić information content (AvgIpc) is 3.34. The first kappa shape index (κ1) is 43.5. The number of anilines is 4. The van der Waals surface area contributed by atoms with Crippen molar-refractivity contribution in [3.8, 4) is 11.8 Å². The summed E-state index contributed by atoms with van der Waals surface area (Å²) in [5.74, 6) is -1.03. The standard InChI is InChI=1S/C41H44ClF4N7O5S/c1-4-24-17-30(53-38(59)52(37(57)39(53,2)3)29-6-5-25(22-47)31(21-29)41(44,45)46)7-9-33(24)58-16-13-40(43)11-14-51(15-12-40)23-35(55)49-28-19-26(42)18-27(20-28)48-32-8-10-34(54)50-36(32)56/h5-7,9,17-21,32,38,48,59H,4,8,10-16,23H2,1-3H3,(H,49,55)(H,50,54,56). The van der Waals surface area contributed by atoms with Gasteiger partial charge in [-0.05, 0) is 99.7 Å². The third kappa shape index (κ3) is 9.71. The molecule has 6 rings (SSSR count). The van der Waals surface area contributed by atoms with Gasteiger partial charge in [0.2, 0.25) is 17.7 Å². The van der Waals surface area contributed by atoms with E-state index in [4.69, 9.17) is 16.3 Å². The lowest BCUT2D eigenvalue weighted by atomic mass is 9.90. The number of carbonyl (C=O) groups is 4. The topological polar surface area (TPSA) is 147 Å². The molecule has 0 saturated carbocycles. The van der Waals surface area contributed by atoms with Crippen molar-refractivity contribution < 1.29 is 41.5 Å². The molecular weight excluding hydrogens is 814 g/mol. The zero-order chi connectivity index (χ0) is 42.9. The lowest BCUT2D eigenvalue weighted by Crippen LogP contribution is -2.47. The van der Waals surface area contributed by atoms with Gasteiger partial charge in [0.05, 0.1) is 30.3 Å². The van der Waals surface area contributed by atoms with Crippen LogP contribution in [-0.4, -0.2) is 77.5 Å². The fourth-order valence-electron chi connectivity index (χ4n) is 7.65. The third-order valence-electron chi connectivity index (χ3n) is 10.9. The number of aryl methyl sites for hydroxylation is 1. The van der Waals surface area contributed by atoms with Crippen LogP contribution in [0.15, 0.2) is 54.6 Å². The monoisotopic (exact) mass is 857 g/mol. The minimum absolute atomic E-state index is 0.0353. The minimum Gasteiger partial charge on any atom is -0.493 e. The Labute approximate surface area is 349 Å². The number of thiol groups is 1. The molecule has 2 unspecified atom stereocenters. The summed E-state index contributed by atoms with van der Waals surface area (Å²) in [5.41, 5.74) is -3.17. The van der Waals surface area contributed by atoms with Crippen molar-refractivity contribution in [1.82, 2.24) is 10.2 Å². The average molecular weight is 858 g/mol. The van der Waals surface area contributed by atoms with Gasteiger partial charge in [-0.15, -0.1) is 12.6 Å². The molecule has 3 heterocycles. The lowest BCUT2D eigenvalue weighted by Gasteiger charge is -2.36. The summed E-state index contributed by atoms with van der Waals surface area (Å²) in [7, 11) is 0. The summed E-state index contributed by atoms with van der Waals surface area (Å²) in [6.07, 6.45) is -3.23. The number of hydrogen-bond acceptors (Lipinski definition) is 10. The number of imide groups is 1. The van der Waals surface area contributed by atoms with Crippen molar-refractivity contribution in [3.63, 3.8) is 0 Å². The van der Waals surface area contributed by atoms with E-state index in [1.165, 1.54) is 11.0 Å². The van der Waals surface area contributed by atoms with Crippen molar-refractivity contribution in [2.45, 2.75) is 88.2 Å². The number of nitrogens with zero attached hydrogens (tertiary/aromatic N) is 4. The number of halogens is 5. The van der Waals surface area contributed by atoms with Gasteiger partial charge in [0, 0.05) is 53.7 Å². The number of carbonyl (C=O) groups excluding carboxylic acids is 4. The molecule has 4 amide bonds. The Hall–Kier alpha value is -5.05. The molecule has 3 saturated heterocycles. The number of amides is 4. The largest absolute Gasteiger partial charge is 0.493 e. The van der Waals surface area contributed by atoms with E-state index in [1.807, 2.05) is 17.9 Å². The quantitative estimate of drug-likeness (QED) is 0.0854. The van der Waals surface area contributed by atoms with Gasteiger partial charge in [0.15, 0.2) is 5.50 Å². The second-order valence-electron chi connectivity index (χ2n) is 15.4. The van der Waals surface area contributed by atoms with E-state index in [9.17, 15) is 37.6 Å². The molecule has 59 heavy (non-hydrogen) atoms. The van der Waals surface area contributed by atoms with Crippen LogP contribution in [0.4, 0.5) is 40.3 Å². The fraction of sp³-hybridized carbons (Fsp3) is 0.439. The normalized spacial score (nSPS) is 20.6. The molecule has 3 aromatic carbocycles. The number of alkyl halides is 4. The van der Waals surface area contributed by atoms with Gasteiger partial charge < -0.3 is 20.3 Å². The van der Waals surface area contributed by atoms with E-state index in [2.05, 4.69) is 28.6 Å². The molecule has 0 aromatic heterocycles. The Bertz CT molecular complexity index is 2180. The smallest absolute Gasteiger partial charge is 0.417 e. The molecule has 3 aliphatic heterocycles. The van der Waals surface area contributed by atoms with Gasteiger partial charge in [0.1, 0.15) is 23.0 Å². The first-order chi connectivity index (χ1) is 27.8. The Morgan fingerprint density at radius 3 is 2.41 bits per heavy atom. The van der Waals surface area contributed by atoms with Gasteiger partial charge in [-0.25, -0.2) is 4.39 Å².